The Bertz CT molecular complexity index is 647. The van der Waals surface area contributed by atoms with Gasteiger partial charge in [-0.15, -0.1) is 0 Å². The zero-order chi connectivity index (χ0) is 14.0. The van der Waals surface area contributed by atoms with Crippen molar-refractivity contribution in [1.29, 1.82) is 0 Å². The topological polar surface area (TPSA) is 68.5 Å². The first-order valence-electron chi connectivity index (χ1n) is 5.60. The summed E-state index contributed by atoms with van der Waals surface area (Å²) in [6, 6.07) is 5.24. The van der Waals surface area contributed by atoms with Crippen molar-refractivity contribution in [2.75, 3.05) is 13.7 Å². The molecule has 0 bridgehead atoms. The van der Waals surface area contributed by atoms with Crippen LogP contribution in [0.4, 0.5) is 0 Å². The number of amides is 1. The summed E-state index contributed by atoms with van der Waals surface area (Å²) >= 11 is 5.99. The van der Waals surface area contributed by atoms with E-state index in [0.29, 0.717) is 16.2 Å². The van der Waals surface area contributed by atoms with E-state index in [4.69, 9.17) is 20.8 Å². The van der Waals surface area contributed by atoms with Crippen molar-refractivity contribution in [2.24, 2.45) is 0 Å². The highest BCUT2D eigenvalue weighted by molar-refractivity contribution is 6.35. The Balaban J connectivity index is 2.30. The summed E-state index contributed by atoms with van der Waals surface area (Å²) in [5.41, 5.74) is 1.08. The standard InChI is InChI=1S/C13H12ClNO4/c1-7-8-4-3-5-9(14)12(8)19-11(7)13(17)18-6-10(16)15-2/h3-5H,6H2,1-2H3,(H,15,16). The van der Waals surface area contributed by atoms with Gasteiger partial charge in [0, 0.05) is 18.0 Å². The average Bonchev–Trinajstić information content (AvgIpc) is 2.75. The fourth-order valence-corrected chi connectivity index (χ4v) is 1.89. The van der Waals surface area contributed by atoms with Crippen molar-refractivity contribution in [2.45, 2.75) is 6.92 Å². The first kappa shape index (κ1) is 13.4. The molecule has 0 aliphatic carbocycles. The molecule has 0 atom stereocenters. The lowest BCUT2D eigenvalue weighted by atomic mass is 10.1. The molecule has 1 heterocycles. The van der Waals surface area contributed by atoms with E-state index in [1.165, 1.54) is 7.05 Å². The maximum Gasteiger partial charge on any atom is 0.375 e. The van der Waals surface area contributed by atoms with Crippen molar-refractivity contribution >= 4 is 34.4 Å². The minimum absolute atomic E-state index is 0.0620. The van der Waals surface area contributed by atoms with Crippen molar-refractivity contribution < 1.29 is 18.7 Å². The molecule has 1 amide bonds. The van der Waals surface area contributed by atoms with Gasteiger partial charge < -0.3 is 14.5 Å². The molecule has 19 heavy (non-hydrogen) atoms. The normalized spacial score (nSPS) is 10.5. The summed E-state index contributed by atoms with van der Waals surface area (Å²) in [6.07, 6.45) is 0. The molecule has 1 aromatic heterocycles. The van der Waals surface area contributed by atoms with Crippen molar-refractivity contribution in [3.63, 3.8) is 0 Å². The highest BCUT2D eigenvalue weighted by Crippen LogP contribution is 2.30. The van der Waals surface area contributed by atoms with E-state index in [1.807, 2.05) is 0 Å². The van der Waals surface area contributed by atoms with Gasteiger partial charge in [-0.1, -0.05) is 23.7 Å². The van der Waals surface area contributed by atoms with E-state index in [2.05, 4.69) is 5.32 Å². The third kappa shape index (κ3) is 2.56. The number of likely N-dealkylation sites (N-methyl/N-ethyl adjacent to an activating group) is 1. The molecule has 1 aromatic carbocycles. The molecule has 2 rings (SSSR count). The first-order chi connectivity index (χ1) is 9.04. The highest BCUT2D eigenvalue weighted by atomic mass is 35.5. The van der Waals surface area contributed by atoms with E-state index >= 15 is 0 Å². The molecule has 0 unspecified atom stereocenters. The number of halogens is 1. The third-order valence-corrected chi connectivity index (χ3v) is 3.01. The van der Waals surface area contributed by atoms with Gasteiger partial charge in [0.05, 0.1) is 5.02 Å². The molecule has 100 valence electrons. The fourth-order valence-electron chi connectivity index (χ4n) is 1.67. The van der Waals surface area contributed by atoms with Crippen molar-refractivity contribution in [1.82, 2.24) is 5.32 Å². The number of benzene rings is 1. The molecule has 6 heteroatoms. The Morgan fingerprint density at radius 1 is 1.42 bits per heavy atom. The molecule has 0 fully saturated rings. The lowest BCUT2D eigenvalue weighted by Gasteiger charge is -2.01. The van der Waals surface area contributed by atoms with Gasteiger partial charge in [0.1, 0.15) is 0 Å². The van der Waals surface area contributed by atoms with Crippen LogP contribution in [-0.2, 0) is 9.53 Å². The molecule has 0 saturated heterocycles. The van der Waals surface area contributed by atoms with Gasteiger partial charge in [0.25, 0.3) is 5.91 Å². The van der Waals surface area contributed by atoms with Crippen LogP contribution in [0.2, 0.25) is 5.02 Å². The summed E-state index contributed by atoms with van der Waals surface area (Å²) < 4.78 is 10.3. The van der Waals surface area contributed by atoms with Gasteiger partial charge in [0.2, 0.25) is 5.76 Å². The van der Waals surface area contributed by atoms with Gasteiger partial charge in [-0.05, 0) is 13.0 Å². The van der Waals surface area contributed by atoms with Gasteiger partial charge in [-0.3, -0.25) is 4.79 Å². The fraction of sp³-hybridized carbons (Fsp3) is 0.231. The molecule has 2 aromatic rings. The number of carbonyl (C=O) groups excluding carboxylic acids is 2. The van der Waals surface area contributed by atoms with E-state index in [0.717, 1.165) is 5.39 Å². The maximum atomic E-state index is 11.8. The number of rotatable bonds is 3. The summed E-state index contributed by atoms with van der Waals surface area (Å²) in [7, 11) is 1.46. The summed E-state index contributed by atoms with van der Waals surface area (Å²) in [5.74, 6) is -1.01. The minimum atomic E-state index is -0.687. The van der Waals surface area contributed by atoms with E-state index < -0.39 is 5.97 Å². The van der Waals surface area contributed by atoms with Crippen molar-refractivity contribution in [3.8, 4) is 0 Å². The van der Waals surface area contributed by atoms with Crippen LogP contribution in [0.15, 0.2) is 22.6 Å². The third-order valence-electron chi connectivity index (χ3n) is 2.71. The van der Waals surface area contributed by atoms with Crippen molar-refractivity contribution in [3.05, 3.63) is 34.5 Å². The summed E-state index contributed by atoms with van der Waals surface area (Å²) in [6.45, 7) is 1.39. The molecular weight excluding hydrogens is 270 g/mol. The van der Waals surface area contributed by atoms with Crippen LogP contribution in [0.25, 0.3) is 11.0 Å². The predicted octanol–water partition coefficient (Wildman–Crippen LogP) is 2.30. The number of furan rings is 1. The van der Waals surface area contributed by atoms with Crippen LogP contribution in [0.5, 0.6) is 0 Å². The maximum absolute atomic E-state index is 11.8. The molecule has 0 aliphatic heterocycles. The zero-order valence-corrected chi connectivity index (χ0v) is 11.2. The quantitative estimate of drug-likeness (QED) is 0.877. The molecule has 0 radical (unpaired) electrons. The zero-order valence-electron chi connectivity index (χ0n) is 10.5. The highest BCUT2D eigenvalue weighted by Gasteiger charge is 2.20. The van der Waals surface area contributed by atoms with Gasteiger partial charge in [-0.2, -0.15) is 0 Å². The van der Waals surface area contributed by atoms with Gasteiger partial charge >= 0.3 is 5.97 Å². The molecule has 0 aliphatic rings. The number of esters is 1. The summed E-state index contributed by atoms with van der Waals surface area (Å²) in [5, 5.41) is 3.53. The Morgan fingerprint density at radius 3 is 2.79 bits per heavy atom. The van der Waals surface area contributed by atoms with Crippen LogP contribution in [0.1, 0.15) is 16.1 Å². The van der Waals surface area contributed by atoms with E-state index in [-0.39, 0.29) is 18.3 Å². The van der Waals surface area contributed by atoms with E-state index in [9.17, 15) is 9.59 Å². The number of hydrogen-bond donors (Lipinski definition) is 1. The van der Waals surface area contributed by atoms with Crippen LogP contribution in [0.3, 0.4) is 0 Å². The van der Waals surface area contributed by atoms with E-state index in [1.54, 1.807) is 25.1 Å². The van der Waals surface area contributed by atoms with Crippen LogP contribution in [-0.4, -0.2) is 25.5 Å². The number of para-hydroxylation sites is 1. The monoisotopic (exact) mass is 281 g/mol. The molecule has 1 N–H and O–H groups in total. The lowest BCUT2D eigenvalue weighted by Crippen LogP contribution is -2.25. The minimum Gasteiger partial charge on any atom is -0.450 e. The van der Waals surface area contributed by atoms with Gasteiger partial charge in [-0.25, -0.2) is 4.79 Å². The second kappa shape index (κ2) is 5.32. The number of nitrogens with one attached hydrogen (secondary N) is 1. The Hall–Kier alpha value is -2.01. The number of fused-ring (bicyclic) bond motifs is 1. The first-order valence-corrected chi connectivity index (χ1v) is 5.97. The predicted molar refractivity (Wildman–Crippen MR) is 70.3 cm³/mol. The number of aryl methyl sites for hydroxylation is 1. The Morgan fingerprint density at radius 2 is 2.16 bits per heavy atom. The van der Waals surface area contributed by atoms with Crippen LogP contribution in [0, 0.1) is 6.92 Å². The SMILES string of the molecule is CNC(=O)COC(=O)c1oc2c(Cl)cccc2c1C. The lowest BCUT2D eigenvalue weighted by molar-refractivity contribution is -0.123. The summed E-state index contributed by atoms with van der Waals surface area (Å²) in [4.78, 5) is 22.8. The smallest absolute Gasteiger partial charge is 0.375 e. The second-order valence-corrected chi connectivity index (χ2v) is 4.33. The molecule has 0 spiro atoms. The molecular formula is C13H12ClNO4. The largest absolute Gasteiger partial charge is 0.450 e. The second-order valence-electron chi connectivity index (χ2n) is 3.92. The molecule has 0 saturated carbocycles. The number of carbonyl (C=O) groups is 2. The Kier molecular flexibility index (Phi) is 3.76. The van der Waals surface area contributed by atoms with Crippen LogP contribution < -0.4 is 5.32 Å². The molecule has 5 nitrogen and oxygen atoms in total. The number of ether oxygens (including phenoxy) is 1. The van der Waals surface area contributed by atoms with Gasteiger partial charge in [0.15, 0.2) is 12.2 Å². The number of hydrogen-bond acceptors (Lipinski definition) is 4. The average molecular weight is 282 g/mol. The Labute approximate surface area is 114 Å². The van der Waals surface area contributed by atoms with Crippen LogP contribution >= 0.6 is 11.6 Å².